The summed E-state index contributed by atoms with van der Waals surface area (Å²) in [6.07, 6.45) is 3.42. The largest absolute Gasteiger partial charge is 0.404 e. The fourth-order valence-electron chi connectivity index (χ4n) is 4.97. The van der Waals surface area contributed by atoms with Crippen LogP contribution in [0.1, 0.15) is 25.3 Å². The number of nitrogens with zero attached hydrogens (tertiary/aromatic N) is 5. The van der Waals surface area contributed by atoms with Gasteiger partial charge in [0.25, 0.3) is 5.91 Å². The Labute approximate surface area is 224 Å². The minimum Gasteiger partial charge on any atom is -0.404 e. The van der Waals surface area contributed by atoms with E-state index in [2.05, 4.69) is 38.1 Å². The van der Waals surface area contributed by atoms with Gasteiger partial charge in [-0.2, -0.15) is 5.26 Å². The number of carbonyl (C=O) groups is 1. The normalized spacial score (nSPS) is 18.5. The zero-order valence-electron chi connectivity index (χ0n) is 21.5. The van der Waals surface area contributed by atoms with E-state index in [1.54, 1.807) is 37.3 Å². The highest BCUT2D eigenvalue weighted by Gasteiger charge is 2.27. The number of likely N-dealkylation sites (N-methyl/N-ethyl adjacent to an activating group) is 1. The van der Waals surface area contributed by atoms with Crippen LogP contribution in [-0.2, 0) is 4.79 Å². The Kier molecular flexibility index (Phi) is 8.82. The molecule has 2 fully saturated rings. The lowest BCUT2D eigenvalue weighted by Crippen LogP contribution is -2.52. The van der Waals surface area contributed by atoms with Gasteiger partial charge in [-0.25, -0.2) is 0 Å². The van der Waals surface area contributed by atoms with Crippen molar-refractivity contribution >= 4 is 40.3 Å². The Morgan fingerprint density at radius 3 is 2.41 bits per heavy atom. The predicted octanol–water partition coefficient (Wildman–Crippen LogP) is 4.00. The van der Waals surface area contributed by atoms with Crippen molar-refractivity contribution in [1.82, 2.24) is 9.80 Å². The van der Waals surface area contributed by atoms with Crippen LogP contribution in [0, 0.1) is 11.3 Å². The summed E-state index contributed by atoms with van der Waals surface area (Å²) in [6, 6.07) is 15.4. The molecule has 2 aromatic rings. The summed E-state index contributed by atoms with van der Waals surface area (Å²) >= 11 is 5.93. The molecule has 9 heteroatoms. The highest BCUT2D eigenvalue weighted by Crippen LogP contribution is 2.28. The Morgan fingerprint density at radius 1 is 1.11 bits per heavy atom. The van der Waals surface area contributed by atoms with Crippen LogP contribution in [0.3, 0.4) is 0 Å². The summed E-state index contributed by atoms with van der Waals surface area (Å²) in [5, 5.41) is 13.3. The molecule has 2 aliphatic heterocycles. The molecule has 0 atom stereocenters. The van der Waals surface area contributed by atoms with Crippen molar-refractivity contribution in [3.05, 3.63) is 64.8 Å². The number of amides is 1. The van der Waals surface area contributed by atoms with E-state index in [4.69, 9.17) is 17.3 Å². The van der Waals surface area contributed by atoms with E-state index in [1.165, 1.54) is 6.20 Å². The minimum absolute atomic E-state index is 0.253. The third-order valence-electron chi connectivity index (χ3n) is 7.16. The van der Waals surface area contributed by atoms with Gasteiger partial charge in [-0.3, -0.25) is 14.7 Å². The van der Waals surface area contributed by atoms with Gasteiger partial charge in [0.1, 0.15) is 6.07 Å². The first-order valence-electron chi connectivity index (χ1n) is 12.6. The number of piperidine rings is 1. The molecule has 0 saturated carbocycles. The second-order valence-electron chi connectivity index (χ2n) is 9.61. The molecule has 0 spiro atoms. The van der Waals surface area contributed by atoms with Gasteiger partial charge in [0.05, 0.1) is 28.2 Å². The van der Waals surface area contributed by atoms with Crippen molar-refractivity contribution in [3.63, 3.8) is 0 Å². The quantitative estimate of drug-likeness (QED) is 0.442. The number of carbonyl (C=O) groups excluding carboxylic acids is 1. The van der Waals surface area contributed by atoms with E-state index in [1.807, 2.05) is 12.1 Å². The molecule has 1 amide bonds. The maximum absolute atomic E-state index is 13.0. The standard InChI is InChI=1S/C28H34ClN7O/c1-20(32-23-5-3-22(29)4-6-23)26(19-31)28(37)33-24-7-8-27(21(17-24)18-30)36-11-9-25(10-12-36)35-15-13-34(2)14-16-35/h3-8,17,19,25H,9-16,31H2,1-2H3,(H,33,37). The molecule has 4 rings (SSSR count). The third-order valence-corrected chi connectivity index (χ3v) is 7.41. The molecule has 0 radical (unpaired) electrons. The Bertz CT molecular complexity index is 1200. The minimum atomic E-state index is -0.387. The summed E-state index contributed by atoms with van der Waals surface area (Å²) in [6.45, 7) is 8.06. The second kappa shape index (κ2) is 12.2. The smallest absolute Gasteiger partial charge is 0.258 e. The molecule has 0 unspecified atom stereocenters. The number of anilines is 2. The van der Waals surface area contributed by atoms with Gasteiger partial charge >= 0.3 is 0 Å². The lowest BCUT2D eigenvalue weighted by Gasteiger charge is -2.42. The maximum atomic E-state index is 13.0. The monoisotopic (exact) mass is 519 g/mol. The predicted molar refractivity (Wildman–Crippen MR) is 151 cm³/mol. The van der Waals surface area contributed by atoms with Crippen LogP contribution in [-0.4, -0.2) is 73.8 Å². The first-order valence-corrected chi connectivity index (χ1v) is 13.0. The van der Waals surface area contributed by atoms with E-state index in [9.17, 15) is 10.1 Å². The van der Waals surface area contributed by atoms with E-state index < -0.39 is 0 Å². The van der Waals surface area contributed by atoms with E-state index in [-0.39, 0.29) is 11.5 Å². The molecule has 2 aliphatic rings. The van der Waals surface area contributed by atoms with Crippen molar-refractivity contribution in [3.8, 4) is 6.07 Å². The summed E-state index contributed by atoms with van der Waals surface area (Å²) in [4.78, 5) is 24.7. The van der Waals surface area contributed by atoms with Crippen LogP contribution in [0.2, 0.25) is 5.02 Å². The Hall–Kier alpha value is -3.38. The molecule has 3 N–H and O–H groups in total. The lowest BCUT2D eigenvalue weighted by molar-refractivity contribution is -0.112. The average Bonchev–Trinajstić information content (AvgIpc) is 2.91. The van der Waals surface area contributed by atoms with Crippen molar-refractivity contribution in [2.45, 2.75) is 25.8 Å². The second-order valence-corrected chi connectivity index (χ2v) is 10.0. The summed E-state index contributed by atoms with van der Waals surface area (Å²) in [7, 11) is 2.18. The fourth-order valence-corrected chi connectivity index (χ4v) is 5.09. The van der Waals surface area contributed by atoms with Crippen molar-refractivity contribution < 1.29 is 4.79 Å². The summed E-state index contributed by atoms with van der Waals surface area (Å²) in [5.41, 5.74) is 9.15. The lowest BCUT2D eigenvalue weighted by atomic mass is 10.0. The maximum Gasteiger partial charge on any atom is 0.258 e. The summed E-state index contributed by atoms with van der Waals surface area (Å²) in [5.74, 6) is -0.387. The number of rotatable bonds is 6. The van der Waals surface area contributed by atoms with Crippen molar-refractivity contribution in [2.24, 2.45) is 10.7 Å². The molecule has 0 aliphatic carbocycles. The van der Waals surface area contributed by atoms with Crippen molar-refractivity contribution in [1.29, 1.82) is 5.26 Å². The van der Waals surface area contributed by atoms with E-state index in [0.717, 1.165) is 57.8 Å². The number of nitrogens with two attached hydrogens (primary N) is 1. The molecular formula is C28H34ClN7O. The van der Waals surface area contributed by atoms with Crippen LogP contribution in [0.5, 0.6) is 0 Å². The molecule has 194 valence electrons. The highest BCUT2D eigenvalue weighted by molar-refractivity contribution is 6.30. The first-order chi connectivity index (χ1) is 17.9. The van der Waals surface area contributed by atoms with Gasteiger partial charge in [-0.1, -0.05) is 11.6 Å². The summed E-state index contributed by atoms with van der Waals surface area (Å²) < 4.78 is 0. The van der Waals surface area contributed by atoms with Gasteiger partial charge in [0, 0.05) is 62.2 Å². The van der Waals surface area contributed by atoms with Crippen LogP contribution < -0.4 is 16.0 Å². The van der Waals surface area contributed by atoms with Crippen molar-refractivity contribution in [2.75, 3.05) is 56.5 Å². The van der Waals surface area contributed by atoms with Crippen LogP contribution in [0.25, 0.3) is 0 Å². The highest BCUT2D eigenvalue weighted by atomic mass is 35.5. The van der Waals surface area contributed by atoms with E-state index in [0.29, 0.717) is 33.7 Å². The molecule has 8 nitrogen and oxygen atoms in total. The zero-order valence-corrected chi connectivity index (χ0v) is 22.2. The van der Waals surface area contributed by atoms with Gasteiger partial charge in [-0.05, 0) is 69.3 Å². The van der Waals surface area contributed by atoms with Gasteiger partial charge in [0.15, 0.2) is 0 Å². The molecule has 2 heterocycles. The van der Waals surface area contributed by atoms with Gasteiger partial charge in [-0.15, -0.1) is 0 Å². The number of nitriles is 1. The average molecular weight is 520 g/mol. The SMILES string of the molecule is CC(=Nc1ccc(Cl)cc1)C(=CN)C(=O)Nc1ccc(N2CCC(N3CCN(C)CC3)CC2)c(C#N)c1. The molecule has 0 aromatic heterocycles. The number of benzene rings is 2. The molecular weight excluding hydrogens is 486 g/mol. The van der Waals surface area contributed by atoms with E-state index >= 15 is 0 Å². The number of aliphatic imine (C=N–C) groups is 1. The number of halogens is 1. The zero-order chi connectivity index (χ0) is 26.4. The Morgan fingerprint density at radius 2 is 1.78 bits per heavy atom. The molecule has 0 bridgehead atoms. The van der Waals surface area contributed by atoms with Crippen LogP contribution in [0.4, 0.5) is 17.1 Å². The van der Waals surface area contributed by atoms with Crippen LogP contribution >= 0.6 is 11.6 Å². The topological polar surface area (TPSA) is 101 Å². The number of nitrogens with one attached hydrogen (secondary N) is 1. The van der Waals surface area contributed by atoms with Crippen LogP contribution in [0.15, 0.2) is 59.2 Å². The third kappa shape index (κ3) is 6.69. The Balaban J connectivity index is 1.40. The number of hydrogen-bond donors (Lipinski definition) is 2. The number of piperazine rings is 1. The fraction of sp³-hybridized carbons (Fsp3) is 0.393. The molecule has 2 aromatic carbocycles. The van der Waals surface area contributed by atoms with Gasteiger partial charge < -0.3 is 20.9 Å². The molecule has 37 heavy (non-hydrogen) atoms. The number of hydrogen-bond acceptors (Lipinski definition) is 7. The molecule has 2 saturated heterocycles. The first kappa shape index (κ1) is 26.7. The van der Waals surface area contributed by atoms with Gasteiger partial charge in [0.2, 0.25) is 0 Å².